The minimum absolute atomic E-state index is 0.0136. The van der Waals surface area contributed by atoms with Crippen LogP contribution in [-0.4, -0.2) is 86.3 Å². The summed E-state index contributed by atoms with van der Waals surface area (Å²) >= 11 is 1.40. The average Bonchev–Trinajstić information content (AvgIpc) is 3.79. The fourth-order valence-electron chi connectivity index (χ4n) is 5.51. The van der Waals surface area contributed by atoms with E-state index < -0.39 is 34.1 Å². The highest BCUT2D eigenvalue weighted by atomic mass is 32.2. The van der Waals surface area contributed by atoms with Crippen LogP contribution in [-0.2, 0) is 30.7 Å². The molecule has 0 spiro atoms. The third-order valence-corrected chi connectivity index (χ3v) is 11.0. The number of anilines is 1. The maximum Gasteiger partial charge on any atom is 0.407 e. The summed E-state index contributed by atoms with van der Waals surface area (Å²) in [5.74, 6) is -0.522. The molecular formula is C35H47FN4O7S2. The number of nitrogens with zero attached hydrogens (tertiary/aromatic N) is 2. The van der Waals surface area contributed by atoms with Crippen molar-refractivity contribution in [2.24, 2.45) is 5.92 Å². The molecule has 1 aromatic heterocycles. The van der Waals surface area contributed by atoms with Crippen molar-refractivity contribution in [2.75, 3.05) is 38.2 Å². The minimum atomic E-state index is -4.06. The summed E-state index contributed by atoms with van der Waals surface area (Å²) in [6, 6.07) is 10.1. The molecule has 2 aliphatic rings. The first-order valence-corrected chi connectivity index (χ1v) is 19.2. The van der Waals surface area contributed by atoms with E-state index in [1.165, 1.54) is 39.9 Å². The van der Waals surface area contributed by atoms with Gasteiger partial charge >= 0.3 is 6.09 Å². The Kier molecular flexibility index (Phi) is 13.4. The molecule has 1 saturated carbocycles. The van der Waals surface area contributed by atoms with Gasteiger partial charge in [-0.05, 0) is 86.8 Å². The van der Waals surface area contributed by atoms with Crippen molar-refractivity contribution in [2.45, 2.75) is 88.2 Å². The number of carbonyl (C=O) groups excluding carboxylic acids is 1. The third kappa shape index (κ3) is 11.4. The van der Waals surface area contributed by atoms with Crippen LogP contribution in [0.15, 0.2) is 59.5 Å². The second kappa shape index (κ2) is 17.7. The van der Waals surface area contributed by atoms with Crippen LogP contribution in [0.4, 0.5) is 14.3 Å². The van der Waals surface area contributed by atoms with Crippen molar-refractivity contribution in [3.63, 3.8) is 0 Å². The number of halogens is 1. The van der Waals surface area contributed by atoms with Gasteiger partial charge in [0.1, 0.15) is 12.4 Å². The van der Waals surface area contributed by atoms with E-state index in [4.69, 9.17) is 14.2 Å². The fourth-order valence-corrected chi connectivity index (χ4v) is 8.21. The summed E-state index contributed by atoms with van der Waals surface area (Å²) in [5.41, 5.74) is 1.23. The van der Waals surface area contributed by atoms with Gasteiger partial charge in [0.05, 0.1) is 33.9 Å². The van der Waals surface area contributed by atoms with E-state index in [9.17, 15) is 22.7 Å². The number of ether oxygens (including phenoxy) is 3. The Balaban J connectivity index is 1.23. The molecule has 14 heteroatoms. The highest BCUT2D eigenvalue weighted by Crippen LogP contribution is 2.33. The lowest BCUT2D eigenvalue weighted by molar-refractivity contribution is -0.161. The van der Waals surface area contributed by atoms with E-state index >= 15 is 0 Å². The van der Waals surface area contributed by atoms with E-state index in [0.29, 0.717) is 36.8 Å². The Morgan fingerprint density at radius 2 is 2.00 bits per heavy atom. The van der Waals surface area contributed by atoms with Crippen molar-refractivity contribution in [3.05, 3.63) is 66.0 Å². The second-order valence-electron chi connectivity index (χ2n) is 13.0. The minimum Gasteiger partial charge on any atom is -0.445 e. The topological polar surface area (TPSA) is 139 Å². The molecule has 3 N–H and O–H groups in total. The summed E-state index contributed by atoms with van der Waals surface area (Å²) < 4.78 is 60.7. The Labute approximate surface area is 291 Å². The smallest absolute Gasteiger partial charge is 0.407 e. The largest absolute Gasteiger partial charge is 0.445 e. The van der Waals surface area contributed by atoms with Gasteiger partial charge in [-0.3, -0.25) is 0 Å². The lowest BCUT2D eigenvalue weighted by Gasteiger charge is -2.30. The summed E-state index contributed by atoms with van der Waals surface area (Å²) in [6.45, 7) is 4.79. The van der Waals surface area contributed by atoms with E-state index in [1.807, 2.05) is 19.9 Å². The molecular weight excluding hydrogens is 672 g/mol. The highest BCUT2D eigenvalue weighted by molar-refractivity contribution is 7.89. The molecule has 1 amide bonds. The number of fused-ring (bicyclic) bond motifs is 1. The van der Waals surface area contributed by atoms with Crippen LogP contribution >= 0.6 is 11.3 Å². The van der Waals surface area contributed by atoms with E-state index in [0.717, 1.165) is 41.9 Å². The van der Waals surface area contributed by atoms with Crippen LogP contribution in [0, 0.1) is 11.7 Å². The number of aromatic nitrogens is 1. The molecule has 2 fully saturated rings. The highest BCUT2D eigenvalue weighted by Gasteiger charge is 2.32. The van der Waals surface area contributed by atoms with Crippen LogP contribution < -0.4 is 10.6 Å². The maximum atomic E-state index is 14.1. The van der Waals surface area contributed by atoms with Crippen molar-refractivity contribution in [3.8, 4) is 0 Å². The first kappa shape index (κ1) is 37.1. The standard InChI is InChI=1S/C35H47FN4O7S2/c1-24(2)22-40(49(43,44)28-14-15-29-32(21-28)48-34(38-29)37-27-12-13-27)23-31(41)30(20-25-9-8-10-26(36)19-25)39-35(42)47-18-6-3-5-16-45-33-11-4-7-17-46-33/h3,6,8-10,14-15,19,21,24,27,30-31,33,41H,4-5,7,11-13,16-18,20,22-23H2,1-2H3,(H,37,38)(H,39,42)/b6-3+/t30-,31+,33+/m0/s1. The number of carbonyl (C=O) groups is 1. The van der Waals surface area contributed by atoms with Crippen LogP contribution in [0.1, 0.15) is 57.9 Å². The zero-order valence-electron chi connectivity index (χ0n) is 28.1. The number of sulfonamides is 1. The molecule has 0 bridgehead atoms. The van der Waals surface area contributed by atoms with Gasteiger partial charge in [-0.15, -0.1) is 0 Å². The van der Waals surface area contributed by atoms with Gasteiger partial charge in [-0.2, -0.15) is 4.31 Å². The van der Waals surface area contributed by atoms with Crippen molar-refractivity contribution in [1.82, 2.24) is 14.6 Å². The van der Waals surface area contributed by atoms with Gasteiger partial charge in [-0.25, -0.2) is 22.6 Å². The van der Waals surface area contributed by atoms with Gasteiger partial charge < -0.3 is 30.0 Å². The van der Waals surface area contributed by atoms with Gasteiger partial charge in [0.2, 0.25) is 10.0 Å². The molecule has 0 unspecified atom stereocenters. The second-order valence-corrected chi connectivity index (χ2v) is 15.9. The van der Waals surface area contributed by atoms with Crippen molar-refractivity contribution < 1.29 is 36.9 Å². The summed E-state index contributed by atoms with van der Waals surface area (Å²) in [5, 5.41) is 18.3. The summed E-state index contributed by atoms with van der Waals surface area (Å²) in [6.07, 6.45) is 7.14. The number of hydrogen-bond acceptors (Lipinski definition) is 10. The maximum absolute atomic E-state index is 14.1. The van der Waals surface area contributed by atoms with E-state index in [2.05, 4.69) is 15.6 Å². The lowest BCUT2D eigenvalue weighted by Crippen LogP contribution is -2.51. The molecule has 0 radical (unpaired) electrons. The van der Waals surface area contributed by atoms with Gasteiger partial charge in [0, 0.05) is 25.7 Å². The number of amides is 1. The number of aliphatic hydroxyl groups excluding tert-OH is 1. The summed E-state index contributed by atoms with van der Waals surface area (Å²) in [7, 11) is -4.06. The number of benzene rings is 2. The first-order chi connectivity index (χ1) is 23.6. The molecule has 268 valence electrons. The molecule has 3 atom stereocenters. The van der Waals surface area contributed by atoms with Crippen molar-refractivity contribution in [1.29, 1.82) is 0 Å². The molecule has 2 heterocycles. The van der Waals surface area contributed by atoms with Crippen LogP contribution in [0.3, 0.4) is 0 Å². The SMILES string of the molecule is CC(C)CN(C[C@@H](O)[C@H](Cc1cccc(F)c1)NC(=O)OC/C=C/CCO[C@H]1CCCCO1)S(=O)(=O)c1ccc2nc(NC3CC3)sc2c1. The number of hydrogen-bond donors (Lipinski definition) is 3. The normalized spacial score (nSPS) is 18.3. The molecule has 11 nitrogen and oxygen atoms in total. The van der Waals surface area contributed by atoms with E-state index in [1.54, 1.807) is 24.3 Å². The van der Waals surface area contributed by atoms with Crippen molar-refractivity contribution >= 4 is 42.8 Å². The monoisotopic (exact) mass is 718 g/mol. The van der Waals surface area contributed by atoms with E-state index in [-0.39, 0.29) is 43.2 Å². The Bertz CT molecular complexity index is 1660. The molecule has 49 heavy (non-hydrogen) atoms. The number of aliphatic hydroxyl groups is 1. The first-order valence-electron chi connectivity index (χ1n) is 17.0. The molecule has 3 aromatic rings. The fraction of sp³-hybridized carbons (Fsp3) is 0.543. The summed E-state index contributed by atoms with van der Waals surface area (Å²) in [4.78, 5) is 17.5. The number of thiazole rings is 1. The Hall–Kier alpha value is -3.14. The van der Waals surface area contributed by atoms with Crippen LogP contribution in [0.25, 0.3) is 10.2 Å². The molecule has 2 aromatic carbocycles. The quantitative estimate of drug-likeness (QED) is 0.109. The van der Waals surface area contributed by atoms with Crippen LogP contribution in [0.5, 0.6) is 0 Å². The Morgan fingerprint density at radius 1 is 1.16 bits per heavy atom. The zero-order chi connectivity index (χ0) is 34.8. The molecule has 1 saturated heterocycles. The molecule has 1 aliphatic heterocycles. The zero-order valence-corrected chi connectivity index (χ0v) is 29.7. The third-order valence-electron chi connectivity index (χ3n) is 8.18. The van der Waals surface area contributed by atoms with Gasteiger partial charge in [-0.1, -0.05) is 49.5 Å². The Morgan fingerprint density at radius 3 is 2.73 bits per heavy atom. The van der Waals surface area contributed by atoms with Gasteiger partial charge in [0.15, 0.2) is 11.4 Å². The number of nitrogens with one attached hydrogen (secondary N) is 2. The average molecular weight is 719 g/mol. The number of rotatable bonds is 18. The van der Waals surface area contributed by atoms with Crippen LogP contribution in [0.2, 0.25) is 0 Å². The lowest BCUT2D eigenvalue weighted by atomic mass is 10.0. The predicted octanol–water partition coefficient (Wildman–Crippen LogP) is 5.84. The predicted molar refractivity (Wildman–Crippen MR) is 188 cm³/mol. The van der Waals surface area contributed by atoms with Gasteiger partial charge in [0.25, 0.3) is 0 Å². The molecule has 5 rings (SSSR count). The number of alkyl carbamates (subject to hydrolysis) is 1. The molecule has 1 aliphatic carbocycles.